The summed E-state index contributed by atoms with van der Waals surface area (Å²) in [5.74, 6) is 0.604. The van der Waals surface area contributed by atoms with Gasteiger partial charge in [0.15, 0.2) is 6.10 Å². The summed E-state index contributed by atoms with van der Waals surface area (Å²) in [5, 5.41) is 0. The van der Waals surface area contributed by atoms with Gasteiger partial charge in [-0.15, -0.1) is 0 Å². The number of fused-ring (bicyclic) bond motifs is 3. The molecule has 1 amide bonds. The zero-order valence-electron chi connectivity index (χ0n) is 12.8. The maximum Gasteiger partial charge on any atom is 0.523 e. The predicted molar refractivity (Wildman–Crippen MR) is 74.6 cm³/mol. The summed E-state index contributed by atoms with van der Waals surface area (Å²) >= 11 is 0. The van der Waals surface area contributed by atoms with Crippen molar-refractivity contribution in [1.82, 2.24) is 4.90 Å². The molecule has 2 bridgehead atoms. The maximum absolute atomic E-state index is 12.3. The lowest BCUT2D eigenvalue weighted by Crippen LogP contribution is -2.42. The van der Waals surface area contributed by atoms with Gasteiger partial charge in [0.1, 0.15) is 0 Å². The van der Waals surface area contributed by atoms with Gasteiger partial charge in [-0.25, -0.2) is 0 Å². The van der Waals surface area contributed by atoms with E-state index in [9.17, 15) is 26.4 Å². The number of carbonyl (C=O) groups excluding carboxylic acids is 1. The standard InChI is InChI=1S/C14H20F3NO4S/c1-9(22-23(20,21)14(15,16)17)12(19)18-5-4-13(8-18)7-10-2-3-11(13)6-10/h9-11H,2-8H2,1H3/t9-,10?,11?,13?/m1/s1. The largest absolute Gasteiger partial charge is 0.523 e. The molecule has 0 N–H and O–H groups in total. The smallest absolute Gasteiger partial charge is 0.340 e. The number of rotatable bonds is 3. The van der Waals surface area contributed by atoms with Gasteiger partial charge in [-0.3, -0.25) is 8.98 Å². The maximum atomic E-state index is 12.3. The molecule has 3 aliphatic rings. The molecule has 1 heterocycles. The predicted octanol–water partition coefficient (Wildman–Crippen LogP) is 2.28. The van der Waals surface area contributed by atoms with Crippen LogP contribution in [0.5, 0.6) is 0 Å². The average Bonchev–Trinajstić information content (AvgIpc) is 3.12. The van der Waals surface area contributed by atoms with Crippen LogP contribution in [-0.4, -0.2) is 43.9 Å². The minimum Gasteiger partial charge on any atom is -0.340 e. The molecule has 0 aromatic rings. The molecule has 5 nitrogen and oxygen atoms in total. The number of alkyl halides is 3. The number of hydrogen-bond acceptors (Lipinski definition) is 4. The van der Waals surface area contributed by atoms with Crippen molar-refractivity contribution >= 4 is 16.0 Å². The molecule has 4 atom stereocenters. The van der Waals surface area contributed by atoms with Crippen LogP contribution in [-0.2, 0) is 19.1 Å². The summed E-state index contributed by atoms with van der Waals surface area (Å²) < 4.78 is 63.1. The Morgan fingerprint density at radius 1 is 1.35 bits per heavy atom. The van der Waals surface area contributed by atoms with E-state index in [1.165, 1.54) is 17.7 Å². The summed E-state index contributed by atoms with van der Waals surface area (Å²) in [6.45, 7) is 2.02. The highest BCUT2D eigenvalue weighted by molar-refractivity contribution is 7.87. The molecule has 2 saturated carbocycles. The first-order valence-electron chi connectivity index (χ1n) is 7.82. The molecule has 3 fully saturated rings. The van der Waals surface area contributed by atoms with E-state index in [0.717, 1.165) is 26.2 Å². The lowest BCUT2D eigenvalue weighted by Gasteiger charge is -2.34. The number of amides is 1. The van der Waals surface area contributed by atoms with E-state index in [0.29, 0.717) is 24.9 Å². The third kappa shape index (κ3) is 2.86. The van der Waals surface area contributed by atoms with E-state index in [2.05, 4.69) is 4.18 Å². The summed E-state index contributed by atoms with van der Waals surface area (Å²) in [7, 11) is -5.75. The monoisotopic (exact) mass is 355 g/mol. The van der Waals surface area contributed by atoms with E-state index in [1.807, 2.05) is 0 Å². The molecule has 1 spiro atoms. The Bertz CT molecular complexity index is 606. The van der Waals surface area contributed by atoms with Crippen LogP contribution in [0.3, 0.4) is 0 Å². The van der Waals surface area contributed by atoms with E-state index >= 15 is 0 Å². The molecule has 9 heteroatoms. The van der Waals surface area contributed by atoms with Gasteiger partial charge in [-0.2, -0.15) is 21.6 Å². The Hall–Kier alpha value is -0.830. The average molecular weight is 355 g/mol. The quantitative estimate of drug-likeness (QED) is 0.576. The van der Waals surface area contributed by atoms with Crippen molar-refractivity contribution < 1.29 is 30.6 Å². The van der Waals surface area contributed by atoms with Crippen molar-refractivity contribution in [3.63, 3.8) is 0 Å². The van der Waals surface area contributed by atoms with Gasteiger partial charge in [-0.05, 0) is 49.9 Å². The van der Waals surface area contributed by atoms with Crippen molar-refractivity contribution in [3.05, 3.63) is 0 Å². The molecule has 3 rings (SSSR count). The SMILES string of the molecule is C[C@@H](OS(=O)(=O)C(F)(F)F)C(=O)N1CCC2(CC3CCC2C3)C1. The summed E-state index contributed by atoms with van der Waals surface area (Å²) in [6, 6.07) is 0. The van der Waals surface area contributed by atoms with Crippen LogP contribution in [0.2, 0.25) is 0 Å². The Morgan fingerprint density at radius 2 is 2.04 bits per heavy atom. The molecule has 0 radical (unpaired) electrons. The van der Waals surface area contributed by atoms with Gasteiger partial charge in [0.05, 0.1) is 0 Å². The van der Waals surface area contributed by atoms with Crippen molar-refractivity contribution in [1.29, 1.82) is 0 Å². The van der Waals surface area contributed by atoms with Crippen molar-refractivity contribution in [2.75, 3.05) is 13.1 Å². The molecular formula is C14H20F3NO4S. The van der Waals surface area contributed by atoms with Crippen LogP contribution < -0.4 is 0 Å². The first-order valence-corrected chi connectivity index (χ1v) is 9.23. The minimum atomic E-state index is -5.75. The second-order valence-corrected chi connectivity index (χ2v) is 8.65. The Kier molecular flexibility index (Phi) is 3.95. The molecule has 1 saturated heterocycles. The molecule has 23 heavy (non-hydrogen) atoms. The molecule has 1 aliphatic heterocycles. The highest BCUT2D eigenvalue weighted by atomic mass is 32.2. The van der Waals surface area contributed by atoms with Gasteiger partial charge in [-0.1, -0.05) is 6.42 Å². The Morgan fingerprint density at radius 3 is 2.57 bits per heavy atom. The highest BCUT2D eigenvalue weighted by Gasteiger charge is 2.55. The first-order chi connectivity index (χ1) is 10.5. The fourth-order valence-electron chi connectivity index (χ4n) is 4.68. The summed E-state index contributed by atoms with van der Waals surface area (Å²) in [4.78, 5) is 13.7. The second-order valence-electron chi connectivity index (χ2n) is 7.09. The van der Waals surface area contributed by atoms with Gasteiger partial charge in [0.2, 0.25) is 0 Å². The van der Waals surface area contributed by atoms with E-state index in [-0.39, 0.29) is 5.41 Å². The lowest BCUT2D eigenvalue weighted by molar-refractivity contribution is -0.138. The topological polar surface area (TPSA) is 63.7 Å². The van der Waals surface area contributed by atoms with Crippen LogP contribution in [0.1, 0.15) is 39.0 Å². The van der Waals surface area contributed by atoms with Crippen molar-refractivity contribution in [3.8, 4) is 0 Å². The molecule has 0 aromatic heterocycles. The third-order valence-corrected chi connectivity index (χ3v) is 6.81. The fourth-order valence-corrected chi connectivity index (χ4v) is 5.26. The second kappa shape index (κ2) is 5.34. The van der Waals surface area contributed by atoms with Crippen molar-refractivity contribution in [2.24, 2.45) is 17.3 Å². The van der Waals surface area contributed by atoms with E-state index in [4.69, 9.17) is 0 Å². The van der Waals surface area contributed by atoms with Crippen LogP contribution in [0.4, 0.5) is 13.2 Å². The normalized spacial score (nSPS) is 35.2. The van der Waals surface area contributed by atoms with Crippen molar-refractivity contribution in [2.45, 2.75) is 50.6 Å². The number of halogens is 3. The molecule has 2 aliphatic carbocycles. The molecule has 0 aromatic carbocycles. The van der Waals surface area contributed by atoms with Crippen LogP contribution in [0, 0.1) is 17.3 Å². The first kappa shape index (κ1) is 17.0. The van der Waals surface area contributed by atoms with E-state index in [1.54, 1.807) is 0 Å². The minimum absolute atomic E-state index is 0.0845. The van der Waals surface area contributed by atoms with Gasteiger partial charge >= 0.3 is 15.6 Å². The van der Waals surface area contributed by atoms with Crippen LogP contribution in [0.15, 0.2) is 0 Å². The van der Waals surface area contributed by atoms with Gasteiger partial charge in [0.25, 0.3) is 5.91 Å². The Balaban J connectivity index is 1.63. The number of likely N-dealkylation sites (tertiary alicyclic amines) is 1. The zero-order valence-corrected chi connectivity index (χ0v) is 13.6. The lowest BCUT2D eigenvalue weighted by atomic mass is 9.72. The number of nitrogens with zero attached hydrogens (tertiary/aromatic N) is 1. The van der Waals surface area contributed by atoms with Gasteiger partial charge < -0.3 is 4.90 Å². The van der Waals surface area contributed by atoms with Gasteiger partial charge in [0, 0.05) is 13.1 Å². The molecular weight excluding hydrogens is 335 g/mol. The van der Waals surface area contributed by atoms with E-state index < -0.39 is 27.6 Å². The summed E-state index contributed by atoms with van der Waals surface area (Å²) in [6.07, 6.45) is 3.81. The Labute approximate surface area is 133 Å². The highest BCUT2D eigenvalue weighted by Crippen LogP contribution is 2.59. The van der Waals surface area contributed by atoms with Crippen LogP contribution in [0.25, 0.3) is 0 Å². The van der Waals surface area contributed by atoms with Crippen LogP contribution >= 0.6 is 0 Å². The molecule has 3 unspecified atom stereocenters. The molecule has 132 valence electrons. The zero-order chi connectivity index (χ0) is 17.0. The number of carbonyl (C=O) groups is 1. The summed E-state index contributed by atoms with van der Waals surface area (Å²) in [5.41, 5.74) is -5.43. The number of hydrogen-bond donors (Lipinski definition) is 0. The fraction of sp³-hybridized carbons (Fsp3) is 0.929. The third-order valence-electron chi connectivity index (χ3n) is 5.70.